The van der Waals surface area contributed by atoms with Crippen molar-refractivity contribution in [2.24, 2.45) is 0 Å². The van der Waals surface area contributed by atoms with E-state index in [1.54, 1.807) is 0 Å². The van der Waals surface area contributed by atoms with Crippen molar-refractivity contribution in [1.29, 1.82) is 0 Å². The summed E-state index contributed by atoms with van der Waals surface area (Å²) in [6.07, 6.45) is -0.739. The lowest BCUT2D eigenvalue weighted by molar-refractivity contribution is -0.135. The normalized spacial score (nSPS) is 9.86. The Labute approximate surface area is 129 Å². The summed E-state index contributed by atoms with van der Waals surface area (Å²) in [6, 6.07) is 9.12. The maximum atomic E-state index is 11.6. The van der Waals surface area contributed by atoms with Gasteiger partial charge in [0.25, 0.3) is 0 Å². The smallest absolute Gasteiger partial charge is 0.413 e. The summed E-state index contributed by atoms with van der Waals surface area (Å²) in [5.74, 6) is -2.39. The molecule has 0 aliphatic carbocycles. The predicted molar refractivity (Wildman–Crippen MR) is 76.5 cm³/mol. The van der Waals surface area contributed by atoms with Gasteiger partial charge in [-0.1, -0.05) is 30.3 Å². The molecule has 1 N–H and O–H groups in total. The van der Waals surface area contributed by atoms with Gasteiger partial charge in [0.1, 0.15) is 6.61 Å². The highest BCUT2D eigenvalue weighted by Gasteiger charge is 2.22. The number of rotatable bonds is 5. The fourth-order valence-corrected chi connectivity index (χ4v) is 1.95. The molecule has 0 saturated carbocycles. The first kappa shape index (κ1) is 15.6. The fraction of sp³-hybridized carbons (Fsp3) is 0.154. The molecule has 22 heavy (non-hydrogen) atoms. The summed E-state index contributed by atoms with van der Waals surface area (Å²) >= 11 is 0.754. The standard InChI is InChI=1S/C13H11N3O5S/c1-20-11(18)9(17)10-14-12(22-16-10)15-13(19)21-7-8-5-3-2-4-6-8/h2-6H,7H2,1H3,(H,14,15,16,19). The zero-order valence-electron chi connectivity index (χ0n) is 11.4. The van der Waals surface area contributed by atoms with E-state index < -0.39 is 17.8 Å². The molecule has 0 saturated heterocycles. The third kappa shape index (κ3) is 4.09. The third-order valence-corrected chi connectivity index (χ3v) is 3.05. The number of esters is 1. The Hall–Kier alpha value is -2.81. The van der Waals surface area contributed by atoms with E-state index in [1.807, 2.05) is 30.3 Å². The zero-order chi connectivity index (χ0) is 15.9. The molecule has 1 heterocycles. The molecule has 2 aromatic rings. The average molecular weight is 321 g/mol. The van der Waals surface area contributed by atoms with Crippen LogP contribution in [0.15, 0.2) is 30.3 Å². The van der Waals surface area contributed by atoms with Gasteiger partial charge in [0, 0.05) is 11.5 Å². The zero-order valence-corrected chi connectivity index (χ0v) is 12.3. The van der Waals surface area contributed by atoms with Gasteiger partial charge in [0.15, 0.2) is 0 Å². The first-order chi connectivity index (χ1) is 10.6. The van der Waals surface area contributed by atoms with Crippen LogP contribution < -0.4 is 5.32 Å². The number of anilines is 1. The number of methoxy groups -OCH3 is 1. The first-order valence-electron chi connectivity index (χ1n) is 6.04. The topological polar surface area (TPSA) is 107 Å². The average Bonchev–Trinajstić information content (AvgIpc) is 3.00. The number of carbonyl (C=O) groups is 3. The van der Waals surface area contributed by atoms with Gasteiger partial charge in [-0.25, -0.2) is 9.59 Å². The van der Waals surface area contributed by atoms with Gasteiger partial charge in [-0.2, -0.15) is 9.36 Å². The Balaban J connectivity index is 1.88. The number of ether oxygens (including phenoxy) is 2. The van der Waals surface area contributed by atoms with Gasteiger partial charge in [0.2, 0.25) is 11.0 Å². The van der Waals surface area contributed by atoms with E-state index in [1.165, 1.54) is 0 Å². The summed E-state index contributed by atoms with van der Waals surface area (Å²) in [5, 5.41) is 2.37. The number of aromatic nitrogens is 2. The van der Waals surface area contributed by atoms with Crippen LogP contribution in [-0.4, -0.2) is 34.3 Å². The summed E-state index contributed by atoms with van der Waals surface area (Å²) in [7, 11) is 1.08. The van der Waals surface area contributed by atoms with E-state index >= 15 is 0 Å². The van der Waals surface area contributed by atoms with Gasteiger partial charge in [-0.3, -0.25) is 10.1 Å². The number of Topliss-reactive ketones (excluding diaryl/α,β-unsaturated/α-hetero) is 1. The van der Waals surface area contributed by atoms with Crippen LogP contribution in [-0.2, 0) is 20.9 Å². The molecule has 8 nitrogen and oxygen atoms in total. The SMILES string of the molecule is COC(=O)C(=O)c1nsc(NC(=O)OCc2ccccc2)n1. The summed E-state index contributed by atoms with van der Waals surface area (Å²) in [5.41, 5.74) is 0.830. The molecule has 1 aromatic heterocycles. The van der Waals surface area contributed by atoms with Crippen LogP contribution in [0.1, 0.15) is 16.2 Å². The Morgan fingerprint density at radius 3 is 2.64 bits per heavy atom. The Bertz CT molecular complexity index is 686. The van der Waals surface area contributed by atoms with Gasteiger partial charge in [-0.15, -0.1) is 0 Å². The molecule has 0 spiro atoms. The summed E-state index contributed by atoms with van der Waals surface area (Å²) < 4.78 is 12.9. The molecule has 0 atom stereocenters. The summed E-state index contributed by atoms with van der Waals surface area (Å²) in [6.45, 7) is 0.0967. The van der Waals surface area contributed by atoms with Crippen molar-refractivity contribution in [3.8, 4) is 0 Å². The highest BCUT2D eigenvalue weighted by atomic mass is 32.1. The number of ketones is 1. The highest BCUT2D eigenvalue weighted by molar-refractivity contribution is 7.10. The van der Waals surface area contributed by atoms with E-state index in [0.29, 0.717) is 0 Å². The number of hydrogen-bond donors (Lipinski definition) is 1. The van der Waals surface area contributed by atoms with Crippen molar-refractivity contribution in [3.05, 3.63) is 41.7 Å². The minimum atomic E-state index is -1.07. The van der Waals surface area contributed by atoms with E-state index in [9.17, 15) is 14.4 Å². The molecule has 2 rings (SSSR count). The summed E-state index contributed by atoms with van der Waals surface area (Å²) in [4.78, 5) is 37.8. The Morgan fingerprint density at radius 2 is 1.95 bits per heavy atom. The van der Waals surface area contributed by atoms with Gasteiger partial charge < -0.3 is 9.47 Å². The molecular weight excluding hydrogens is 310 g/mol. The number of amides is 1. The van der Waals surface area contributed by atoms with Gasteiger partial charge in [-0.05, 0) is 5.56 Å². The van der Waals surface area contributed by atoms with Gasteiger partial charge >= 0.3 is 17.8 Å². The maximum absolute atomic E-state index is 11.6. The quantitative estimate of drug-likeness (QED) is 0.506. The van der Waals surface area contributed by atoms with Crippen molar-refractivity contribution >= 4 is 34.5 Å². The number of carbonyl (C=O) groups excluding carboxylic acids is 3. The van der Waals surface area contributed by atoms with Crippen LogP contribution in [0.5, 0.6) is 0 Å². The first-order valence-corrected chi connectivity index (χ1v) is 6.81. The van der Waals surface area contributed by atoms with Crippen LogP contribution in [0.3, 0.4) is 0 Å². The molecule has 9 heteroatoms. The number of nitrogens with zero attached hydrogens (tertiary/aromatic N) is 2. The molecule has 0 unspecified atom stereocenters. The third-order valence-electron chi connectivity index (χ3n) is 2.42. The highest BCUT2D eigenvalue weighted by Crippen LogP contribution is 2.12. The van der Waals surface area contributed by atoms with Crippen LogP contribution in [0, 0.1) is 0 Å². The van der Waals surface area contributed by atoms with E-state index in [4.69, 9.17) is 4.74 Å². The Morgan fingerprint density at radius 1 is 1.23 bits per heavy atom. The van der Waals surface area contributed by atoms with Crippen molar-refractivity contribution in [3.63, 3.8) is 0 Å². The second kappa shape index (κ2) is 7.27. The molecule has 0 aliphatic rings. The number of nitrogens with one attached hydrogen (secondary N) is 1. The van der Waals surface area contributed by atoms with Crippen molar-refractivity contribution in [2.45, 2.75) is 6.61 Å². The van der Waals surface area contributed by atoms with E-state index in [-0.39, 0.29) is 17.6 Å². The molecular formula is C13H11N3O5S. The lowest BCUT2D eigenvalue weighted by Gasteiger charge is -2.04. The molecule has 0 radical (unpaired) electrons. The van der Waals surface area contributed by atoms with Crippen molar-refractivity contribution in [1.82, 2.24) is 9.36 Å². The maximum Gasteiger partial charge on any atom is 0.413 e. The molecule has 1 amide bonds. The van der Waals surface area contributed by atoms with Crippen LogP contribution in [0.2, 0.25) is 0 Å². The van der Waals surface area contributed by atoms with Crippen molar-refractivity contribution in [2.75, 3.05) is 12.4 Å². The van der Waals surface area contributed by atoms with E-state index in [0.717, 1.165) is 24.2 Å². The van der Waals surface area contributed by atoms with Crippen LogP contribution >= 0.6 is 11.5 Å². The second-order valence-corrected chi connectivity index (χ2v) is 4.68. The molecule has 0 aliphatic heterocycles. The molecule has 0 bridgehead atoms. The monoisotopic (exact) mass is 321 g/mol. The predicted octanol–water partition coefficient (Wildman–Crippen LogP) is 1.64. The minimum absolute atomic E-state index is 0.0466. The lowest BCUT2D eigenvalue weighted by atomic mass is 10.2. The fourth-order valence-electron chi connectivity index (χ4n) is 1.40. The molecule has 1 aromatic carbocycles. The van der Waals surface area contributed by atoms with Crippen molar-refractivity contribution < 1.29 is 23.9 Å². The van der Waals surface area contributed by atoms with Gasteiger partial charge in [0.05, 0.1) is 7.11 Å². The lowest BCUT2D eigenvalue weighted by Crippen LogP contribution is -2.17. The largest absolute Gasteiger partial charge is 0.463 e. The van der Waals surface area contributed by atoms with Crippen LogP contribution in [0.4, 0.5) is 9.93 Å². The minimum Gasteiger partial charge on any atom is -0.463 e. The molecule has 0 fully saturated rings. The second-order valence-electron chi connectivity index (χ2n) is 3.93. The Kier molecular flexibility index (Phi) is 5.15. The number of hydrogen-bond acceptors (Lipinski definition) is 8. The number of benzene rings is 1. The van der Waals surface area contributed by atoms with Crippen LogP contribution in [0.25, 0.3) is 0 Å². The molecule has 114 valence electrons. The van der Waals surface area contributed by atoms with E-state index in [2.05, 4.69) is 19.4 Å².